The zero-order chi connectivity index (χ0) is 18.8. The van der Waals surface area contributed by atoms with Crippen LogP contribution in [0.4, 0.5) is 0 Å². The Morgan fingerprint density at radius 2 is 1.74 bits per heavy atom. The summed E-state index contributed by atoms with van der Waals surface area (Å²) in [6.45, 7) is 3.07. The fraction of sp³-hybridized carbons (Fsp3) is 0.333. The van der Waals surface area contributed by atoms with Crippen LogP contribution in [0.1, 0.15) is 11.4 Å². The molecule has 0 amide bonds. The third kappa shape index (κ3) is 3.53. The van der Waals surface area contributed by atoms with Gasteiger partial charge in [0.15, 0.2) is 0 Å². The van der Waals surface area contributed by atoms with Crippen LogP contribution in [0.2, 0.25) is 0 Å². The fourth-order valence-corrected chi connectivity index (χ4v) is 3.62. The minimum atomic E-state index is 0.0560. The highest BCUT2D eigenvalue weighted by Crippen LogP contribution is 2.24. The highest BCUT2D eigenvalue weighted by molar-refractivity contribution is 5.77. The first-order chi connectivity index (χ1) is 13.2. The van der Waals surface area contributed by atoms with Crippen LogP contribution in [0.3, 0.4) is 0 Å². The summed E-state index contributed by atoms with van der Waals surface area (Å²) in [7, 11) is 3.31. The van der Waals surface area contributed by atoms with E-state index in [1.165, 1.54) is 0 Å². The Morgan fingerprint density at radius 3 is 2.48 bits per heavy atom. The van der Waals surface area contributed by atoms with Crippen LogP contribution in [-0.2, 0) is 19.5 Å². The summed E-state index contributed by atoms with van der Waals surface area (Å²) in [5.74, 6) is 2.43. The molecule has 3 aromatic rings. The molecule has 0 atom stereocenters. The number of nitrogens with zero attached hydrogens (tertiary/aromatic N) is 3. The molecule has 0 unspecified atom stereocenters. The van der Waals surface area contributed by atoms with E-state index in [0.717, 1.165) is 54.5 Å². The van der Waals surface area contributed by atoms with Gasteiger partial charge in [-0.05, 0) is 29.8 Å². The zero-order valence-corrected chi connectivity index (χ0v) is 15.6. The molecule has 27 heavy (non-hydrogen) atoms. The molecule has 1 aliphatic rings. The minimum Gasteiger partial charge on any atom is -0.497 e. The second-order valence-corrected chi connectivity index (χ2v) is 6.75. The summed E-state index contributed by atoms with van der Waals surface area (Å²) in [4.78, 5) is 19.9. The Hall–Kier alpha value is -2.86. The van der Waals surface area contributed by atoms with Crippen molar-refractivity contribution in [2.24, 2.45) is 0 Å². The summed E-state index contributed by atoms with van der Waals surface area (Å²) < 4.78 is 12.6. The van der Waals surface area contributed by atoms with Gasteiger partial charge in [0.05, 0.1) is 25.1 Å². The number of para-hydroxylation sites is 1. The summed E-state index contributed by atoms with van der Waals surface area (Å²) in [6.07, 6.45) is 0.751. The maximum absolute atomic E-state index is 12.8. The van der Waals surface area contributed by atoms with Crippen molar-refractivity contribution < 1.29 is 9.47 Å². The van der Waals surface area contributed by atoms with Crippen LogP contribution >= 0.6 is 0 Å². The van der Waals surface area contributed by atoms with E-state index in [2.05, 4.69) is 4.90 Å². The predicted molar refractivity (Wildman–Crippen MR) is 105 cm³/mol. The van der Waals surface area contributed by atoms with Crippen molar-refractivity contribution in [2.75, 3.05) is 27.3 Å². The van der Waals surface area contributed by atoms with Crippen LogP contribution in [0.15, 0.2) is 47.3 Å². The van der Waals surface area contributed by atoms with Gasteiger partial charge in [0.2, 0.25) is 0 Å². The van der Waals surface area contributed by atoms with Gasteiger partial charge in [-0.2, -0.15) is 0 Å². The average Bonchev–Trinajstić information content (AvgIpc) is 2.90. The number of fused-ring (bicyclic) bond motifs is 2. The standard InChI is InChI=1S/C21H23N3O3/c1-26-16-11-15(12-17(13-16)27-2)14-23-8-7-20-22-19-6-4-3-5-18(19)21(25)24(20)10-9-23/h3-6,11-13H,7-10,14H2,1-2H3. The smallest absolute Gasteiger partial charge is 0.261 e. The Balaban J connectivity index is 1.58. The molecule has 6 heteroatoms. The molecule has 0 fully saturated rings. The Bertz CT molecular complexity index is 1010. The van der Waals surface area contributed by atoms with Crippen molar-refractivity contribution in [2.45, 2.75) is 19.5 Å². The first kappa shape index (κ1) is 17.5. The first-order valence-corrected chi connectivity index (χ1v) is 9.10. The van der Waals surface area contributed by atoms with E-state index in [1.54, 1.807) is 14.2 Å². The number of ether oxygens (including phenoxy) is 2. The van der Waals surface area contributed by atoms with Gasteiger partial charge in [-0.1, -0.05) is 12.1 Å². The molecule has 2 aromatic carbocycles. The number of hydrogen-bond acceptors (Lipinski definition) is 5. The maximum Gasteiger partial charge on any atom is 0.261 e. The summed E-state index contributed by atoms with van der Waals surface area (Å²) in [6, 6.07) is 13.5. The lowest BCUT2D eigenvalue weighted by Crippen LogP contribution is -2.28. The summed E-state index contributed by atoms with van der Waals surface area (Å²) in [5, 5.41) is 0.687. The lowest BCUT2D eigenvalue weighted by molar-refractivity contribution is 0.270. The van der Waals surface area contributed by atoms with E-state index >= 15 is 0 Å². The quantitative estimate of drug-likeness (QED) is 0.711. The third-order valence-corrected chi connectivity index (χ3v) is 5.05. The van der Waals surface area contributed by atoms with Crippen molar-refractivity contribution in [3.63, 3.8) is 0 Å². The van der Waals surface area contributed by atoms with Crippen LogP contribution in [-0.4, -0.2) is 41.8 Å². The molecule has 0 saturated heterocycles. The second-order valence-electron chi connectivity index (χ2n) is 6.75. The van der Waals surface area contributed by atoms with Crippen LogP contribution in [0.5, 0.6) is 11.5 Å². The minimum absolute atomic E-state index is 0.0560. The number of benzene rings is 2. The largest absolute Gasteiger partial charge is 0.497 e. The summed E-state index contributed by atoms with van der Waals surface area (Å²) >= 11 is 0. The highest BCUT2D eigenvalue weighted by atomic mass is 16.5. The second kappa shape index (κ2) is 7.40. The Labute approximate surface area is 158 Å². The van der Waals surface area contributed by atoms with Crippen molar-refractivity contribution in [1.29, 1.82) is 0 Å². The van der Waals surface area contributed by atoms with Crippen molar-refractivity contribution in [3.05, 3.63) is 64.2 Å². The first-order valence-electron chi connectivity index (χ1n) is 9.10. The molecule has 0 saturated carbocycles. The molecule has 6 nitrogen and oxygen atoms in total. The van der Waals surface area contributed by atoms with Crippen LogP contribution < -0.4 is 15.0 Å². The monoisotopic (exact) mass is 365 g/mol. The van der Waals surface area contributed by atoms with E-state index in [0.29, 0.717) is 11.9 Å². The SMILES string of the molecule is COc1cc(CN2CCc3nc4ccccc4c(=O)n3CC2)cc(OC)c1. The van der Waals surface area contributed by atoms with Gasteiger partial charge < -0.3 is 9.47 Å². The van der Waals surface area contributed by atoms with Gasteiger partial charge in [-0.15, -0.1) is 0 Å². The highest BCUT2D eigenvalue weighted by Gasteiger charge is 2.18. The molecule has 0 spiro atoms. The molecule has 140 valence electrons. The molecule has 0 bridgehead atoms. The molecular formula is C21H23N3O3. The molecule has 0 N–H and O–H groups in total. The van der Waals surface area contributed by atoms with E-state index in [9.17, 15) is 4.79 Å². The predicted octanol–water partition coefficient (Wildman–Crippen LogP) is 2.47. The summed E-state index contributed by atoms with van der Waals surface area (Å²) in [5.41, 5.74) is 1.96. The van der Waals surface area contributed by atoms with Crippen molar-refractivity contribution >= 4 is 10.9 Å². The molecule has 1 aliphatic heterocycles. The number of methoxy groups -OCH3 is 2. The van der Waals surface area contributed by atoms with E-state index in [4.69, 9.17) is 14.5 Å². The number of hydrogen-bond donors (Lipinski definition) is 0. The topological polar surface area (TPSA) is 56.6 Å². The molecule has 1 aromatic heterocycles. The van der Waals surface area contributed by atoms with Gasteiger partial charge in [0.25, 0.3) is 5.56 Å². The lowest BCUT2D eigenvalue weighted by Gasteiger charge is -2.20. The lowest BCUT2D eigenvalue weighted by atomic mass is 10.2. The molecule has 4 rings (SSSR count). The van der Waals surface area contributed by atoms with Gasteiger partial charge in [-0.25, -0.2) is 4.98 Å². The number of rotatable bonds is 4. The third-order valence-electron chi connectivity index (χ3n) is 5.05. The normalized spacial score (nSPS) is 14.6. The molecule has 0 aliphatic carbocycles. The fourth-order valence-electron chi connectivity index (χ4n) is 3.62. The van der Waals surface area contributed by atoms with Gasteiger partial charge in [0, 0.05) is 38.7 Å². The van der Waals surface area contributed by atoms with E-state index < -0.39 is 0 Å². The average molecular weight is 365 g/mol. The zero-order valence-electron chi connectivity index (χ0n) is 15.6. The van der Waals surface area contributed by atoms with E-state index in [1.807, 2.05) is 47.0 Å². The molecule has 0 radical (unpaired) electrons. The maximum atomic E-state index is 12.8. The Morgan fingerprint density at radius 1 is 1.00 bits per heavy atom. The molecular weight excluding hydrogens is 342 g/mol. The van der Waals surface area contributed by atoms with Gasteiger partial charge in [-0.3, -0.25) is 14.3 Å². The number of aromatic nitrogens is 2. The van der Waals surface area contributed by atoms with Crippen molar-refractivity contribution in [1.82, 2.24) is 14.5 Å². The van der Waals surface area contributed by atoms with Crippen LogP contribution in [0.25, 0.3) is 10.9 Å². The van der Waals surface area contributed by atoms with Gasteiger partial charge >= 0.3 is 0 Å². The van der Waals surface area contributed by atoms with Crippen LogP contribution in [0, 0.1) is 0 Å². The molecule has 2 heterocycles. The van der Waals surface area contributed by atoms with Gasteiger partial charge in [0.1, 0.15) is 17.3 Å². The Kier molecular flexibility index (Phi) is 4.81. The van der Waals surface area contributed by atoms with Crippen molar-refractivity contribution in [3.8, 4) is 11.5 Å². The van der Waals surface area contributed by atoms with E-state index in [-0.39, 0.29) is 5.56 Å².